The molecule has 0 aliphatic carbocycles. The summed E-state index contributed by atoms with van der Waals surface area (Å²) >= 11 is 0. The van der Waals surface area contributed by atoms with Crippen molar-refractivity contribution in [2.45, 2.75) is 303 Å². The van der Waals surface area contributed by atoms with Gasteiger partial charge < -0.3 is 33.8 Å². The predicted octanol–water partition coefficient (Wildman–Crippen LogP) is 21.9. The van der Waals surface area contributed by atoms with E-state index in [0.717, 1.165) is 148 Å². The van der Waals surface area contributed by atoms with Gasteiger partial charge in [-0.2, -0.15) is 0 Å². The fourth-order valence-corrected chi connectivity index (χ4v) is 11.1. The number of unbranched alkanes of at least 4 members (excludes halogenated alkanes) is 21. The molecule has 0 heterocycles. The van der Waals surface area contributed by atoms with Gasteiger partial charge in [0.25, 0.3) is 0 Å². The van der Waals surface area contributed by atoms with Crippen LogP contribution in [0.5, 0.6) is 0 Å². The van der Waals surface area contributed by atoms with Crippen LogP contribution in [0.25, 0.3) is 0 Å². The van der Waals surface area contributed by atoms with Gasteiger partial charge in [0.1, 0.15) is 19.3 Å². The van der Waals surface area contributed by atoms with E-state index >= 15 is 0 Å². The molecule has 0 radical (unpaired) electrons. The number of carbonyl (C=O) groups excluding carboxylic acids is 4. The lowest BCUT2D eigenvalue weighted by Gasteiger charge is -2.21. The van der Waals surface area contributed by atoms with Gasteiger partial charge in [-0.1, -0.05) is 257 Å². The minimum absolute atomic E-state index is 0.0609. The molecule has 0 aliphatic heterocycles. The van der Waals surface area contributed by atoms with Crippen molar-refractivity contribution in [3.8, 4) is 0 Å². The van der Waals surface area contributed by atoms with Crippen LogP contribution in [0.1, 0.15) is 285 Å². The number of hydrogen-bond donors (Lipinski definition) is 3. The zero-order chi connectivity index (χ0) is 73.2. The smallest absolute Gasteiger partial charge is 0.462 e. The van der Waals surface area contributed by atoms with Gasteiger partial charge in [-0.15, -0.1) is 0 Å². The van der Waals surface area contributed by atoms with Gasteiger partial charge >= 0.3 is 39.5 Å². The maximum Gasteiger partial charge on any atom is 0.472 e. The van der Waals surface area contributed by atoms with E-state index in [-0.39, 0.29) is 25.7 Å². The monoisotopic (exact) mass is 1440 g/mol. The first kappa shape index (κ1) is 94.9. The number of phosphoric ester groups is 2. The molecule has 0 aromatic heterocycles. The first-order valence-corrected chi connectivity index (χ1v) is 41.1. The van der Waals surface area contributed by atoms with Crippen LogP contribution in [0, 0.1) is 0 Å². The fourth-order valence-electron chi connectivity index (χ4n) is 9.54. The average molecular weight is 1440 g/mol. The molecule has 17 nitrogen and oxygen atoms in total. The lowest BCUT2D eigenvalue weighted by atomic mass is 10.1. The average Bonchev–Trinajstić information content (AvgIpc) is 1.01. The van der Waals surface area contributed by atoms with Gasteiger partial charge in [-0.05, 0) is 148 Å². The lowest BCUT2D eigenvalue weighted by molar-refractivity contribution is -0.161. The van der Waals surface area contributed by atoms with E-state index < -0.39 is 97.5 Å². The molecular weight excluding hydrogens is 1310 g/mol. The van der Waals surface area contributed by atoms with E-state index in [2.05, 4.69) is 149 Å². The number of esters is 4. The second-order valence-electron chi connectivity index (χ2n) is 24.8. The summed E-state index contributed by atoms with van der Waals surface area (Å²) in [6.07, 6.45) is 81.6. The Morgan fingerprint density at radius 3 is 0.940 bits per heavy atom. The van der Waals surface area contributed by atoms with Crippen LogP contribution < -0.4 is 0 Å². The van der Waals surface area contributed by atoms with Crippen LogP contribution in [0.4, 0.5) is 0 Å². The summed E-state index contributed by atoms with van der Waals surface area (Å²) in [6, 6.07) is 0. The van der Waals surface area contributed by atoms with E-state index in [0.29, 0.717) is 25.7 Å². The minimum atomic E-state index is -5.00. The normalized spacial score (nSPS) is 14.8. The highest BCUT2D eigenvalue weighted by atomic mass is 31.2. The van der Waals surface area contributed by atoms with Crippen molar-refractivity contribution >= 4 is 39.5 Å². The molecule has 0 saturated carbocycles. The molecule has 0 rings (SSSR count). The topological polar surface area (TPSA) is 237 Å². The highest BCUT2D eigenvalue weighted by Crippen LogP contribution is 2.45. The molecular formula is C81H134O17P2. The molecule has 0 fully saturated rings. The number of allylic oxidation sites excluding steroid dienone is 23. The van der Waals surface area contributed by atoms with Gasteiger partial charge in [-0.25, -0.2) is 9.13 Å². The molecule has 0 bridgehead atoms. The fraction of sp³-hybridized carbons (Fsp3) is 0.654. The van der Waals surface area contributed by atoms with Gasteiger partial charge in [0, 0.05) is 19.3 Å². The largest absolute Gasteiger partial charge is 0.472 e. The first-order valence-electron chi connectivity index (χ1n) is 38.1. The summed E-state index contributed by atoms with van der Waals surface area (Å²) in [4.78, 5) is 72.8. The number of aliphatic hydroxyl groups excluding tert-OH is 1. The van der Waals surface area contributed by atoms with Crippen molar-refractivity contribution in [2.75, 3.05) is 39.6 Å². The Hall–Kier alpha value is -5.06. The number of rotatable bonds is 70. The Morgan fingerprint density at radius 1 is 0.300 bits per heavy atom. The highest BCUT2D eigenvalue weighted by molar-refractivity contribution is 7.47. The van der Waals surface area contributed by atoms with Crippen LogP contribution in [0.15, 0.2) is 146 Å². The molecule has 3 N–H and O–H groups in total. The Balaban J connectivity index is 5.48. The van der Waals surface area contributed by atoms with Crippen molar-refractivity contribution < 1.29 is 80.2 Å². The van der Waals surface area contributed by atoms with Gasteiger partial charge in [0.05, 0.1) is 32.8 Å². The van der Waals surface area contributed by atoms with Gasteiger partial charge in [0.2, 0.25) is 0 Å². The molecule has 0 spiro atoms. The summed E-state index contributed by atoms with van der Waals surface area (Å²) in [5.74, 6) is -2.40. The third-order valence-electron chi connectivity index (χ3n) is 15.3. The summed E-state index contributed by atoms with van der Waals surface area (Å²) < 4.78 is 68.3. The van der Waals surface area contributed by atoms with E-state index in [9.17, 15) is 43.2 Å². The number of ether oxygens (including phenoxy) is 4. The number of phosphoric acid groups is 2. The third kappa shape index (κ3) is 71.3. The quantitative estimate of drug-likeness (QED) is 0.0169. The molecule has 0 aromatic rings. The Morgan fingerprint density at radius 2 is 0.560 bits per heavy atom. The van der Waals surface area contributed by atoms with E-state index in [1.54, 1.807) is 6.08 Å². The van der Waals surface area contributed by atoms with Crippen LogP contribution in [-0.2, 0) is 65.4 Å². The van der Waals surface area contributed by atoms with Crippen molar-refractivity contribution in [1.82, 2.24) is 0 Å². The number of aliphatic hydroxyl groups is 1. The van der Waals surface area contributed by atoms with Crippen molar-refractivity contribution in [3.05, 3.63) is 146 Å². The number of carbonyl (C=O) groups is 4. The highest BCUT2D eigenvalue weighted by Gasteiger charge is 2.30. The second-order valence-corrected chi connectivity index (χ2v) is 27.7. The van der Waals surface area contributed by atoms with Crippen LogP contribution in [0.3, 0.4) is 0 Å². The lowest BCUT2D eigenvalue weighted by Crippen LogP contribution is -2.30. The van der Waals surface area contributed by atoms with Crippen LogP contribution in [0.2, 0.25) is 0 Å². The summed E-state index contributed by atoms with van der Waals surface area (Å²) in [7, 11) is -10.0. The van der Waals surface area contributed by atoms with Crippen molar-refractivity contribution in [1.29, 1.82) is 0 Å². The Labute approximate surface area is 605 Å². The van der Waals surface area contributed by atoms with E-state index in [4.69, 9.17) is 37.0 Å². The van der Waals surface area contributed by atoms with E-state index in [1.807, 2.05) is 18.2 Å². The molecule has 0 aromatic carbocycles. The summed E-state index contributed by atoms with van der Waals surface area (Å²) in [6.45, 7) is 4.41. The maximum atomic E-state index is 13.1. The standard InChI is InChI=1S/C81H134O17P2/c1-5-9-13-17-21-25-29-33-37-41-45-49-53-57-61-65-78(83)91-71-76(97-80(85)67-63-59-55-51-47-43-39-35-31-27-23-19-15-11-7-3)73-95-99(87,88)93-69-75(82)70-94-100(89,90)96-74-77(98-81(86)68-64-60-56-52-48-44-40-36-32-28-24-20-16-12-8-4)72-92-79(84)66-62-58-54-50-46-42-38-34-30-26-22-18-14-10-6-2/h9-10,13-14,21-23,25-27,33-40,45-46,49-50,58,62,75-77,82H,5-8,11-12,15-20,24,28-32,41-44,47-48,51-57,59-61,63-74H2,1-4H3,(H,87,88)(H,89,90)/b13-9-,14-10-,25-21-,26-22-,27-23-,37-33-,38-34-,39-35-,40-36-,49-45-,50-46-,62-58-. The first-order chi connectivity index (χ1) is 48.7. The second kappa shape index (κ2) is 72.3. The van der Waals surface area contributed by atoms with Crippen LogP contribution >= 0.6 is 15.6 Å². The molecule has 5 unspecified atom stereocenters. The molecule has 5 atom stereocenters. The Kier molecular flexibility index (Phi) is 68.6. The molecule has 19 heteroatoms. The van der Waals surface area contributed by atoms with Crippen molar-refractivity contribution in [2.24, 2.45) is 0 Å². The predicted molar refractivity (Wildman–Crippen MR) is 408 cm³/mol. The zero-order valence-corrected chi connectivity index (χ0v) is 63.9. The molecule has 100 heavy (non-hydrogen) atoms. The Bertz CT molecular complexity index is 2470. The summed E-state index contributed by atoms with van der Waals surface area (Å²) in [5.41, 5.74) is 0. The third-order valence-corrected chi connectivity index (χ3v) is 17.2. The van der Waals surface area contributed by atoms with Crippen LogP contribution in [-0.4, -0.2) is 96.7 Å². The maximum absolute atomic E-state index is 13.1. The van der Waals surface area contributed by atoms with Gasteiger partial charge in [-0.3, -0.25) is 37.3 Å². The summed E-state index contributed by atoms with van der Waals surface area (Å²) in [5, 5.41) is 10.6. The van der Waals surface area contributed by atoms with Gasteiger partial charge in [0.15, 0.2) is 12.2 Å². The van der Waals surface area contributed by atoms with Crippen molar-refractivity contribution in [3.63, 3.8) is 0 Å². The molecule has 0 amide bonds. The molecule has 0 aliphatic rings. The molecule has 570 valence electrons. The molecule has 0 saturated heterocycles. The van der Waals surface area contributed by atoms with E-state index in [1.165, 1.54) is 57.8 Å². The zero-order valence-electron chi connectivity index (χ0n) is 62.1. The SMILES string of the molecule is CC/C=C\C/C=C\C/C=C\C/C=C\C/C=C\CC(=O)OCC(COP(=O)(O)OCC(O)COP(=O)(O)OCC(COC(=O)CCCC/C=C\C/C=C\C/C=C\C/C=C\CC)OC(=O)CCCCCCC/C=C\C/C=C\CCCCC)OC(=O)CCCCCCC/C=C\CCCCCCCC. The minimum Gasteiger partial charge on any atom is -0.462 e. The number of hydrogen-bond acceptors (Lipinski definition) is 15.